The van der Waals surface area contributed by atoms with Crippen LogP contribution in [0.2, 0.25) is 0 Å². The predicted molar refractivity (Wildman–Crippen MR) is 115 cm³/mol. The predicted octanol–water partition coefficient (Wildman–Crippen LogP) is 2.94. The van der Waals surface area contributed by atoms with Crippen LogP contribution >= 0.6 is 11.3 Å². The second kappa shape index (κ2) is 9.07. The molecule has 0 spiro atoms. The molecule has 0 bridgehead atoms. The van der Waals surface area contributed by atoms with Gasteiger partial charge in [0.1, 0.15) is 18.5 Å². The highest BCUT2D eigenvalue weighted by molar-refractivity contribution is 7.12. The number of esters is 1. The van der Waals surface area contributed by atoms with Crippen LogP contribution in [0.15, 0.2) is 35.7 Å². The van der Waals surface area contributed by atoms with Crippen molar-refractivity contribution in [1.29, 1.82) is 0 Å². The molecule has 1 fully saturated rings. The lowest BCUT2D eigenvalue weighted by Crippen LogP contribution is -2.53. The highest BCUT2D eigenvalue weighted by atomic mass is 32.1. The number of likely N-dealkylation sites (N-methyl/N-ethyl adjacent to an activating group) is 1. The summed E-state index contributed by atoms with van der Waals surface area (Å²) < 4.78 is 16.7. The van der Waals surface area contributed by atoms with E-state index in [1.54, 1.807) is 36.2 Å². The Balaban J connectivity index is 1.52. The van der Waals surface area contributed by atoms with Crippen LogP contribution in [-0.2, 0) is 14.3 Å². The van der Waals surface area contributed by atoms with Gasteiger partial charge in [-0.3, -0.25) is 14.4 Å². The third-order valence-corrected chi connectivity index (χ3v) is 6.51. The molecule has 1 N–H and O–H groups in total. The van der Waals surface area contributed by atoms with Crippen molar-refractivity contribution in [2.45, 2.75) is 37.5 Å². The molecule has 164 valence electrons. The summed E-state index contributed by atoms with van der Waals surface area (Å²) in [5.41, 5.74) is 0.916. The third-order valence-electron chi connectivity index (χ3n) is 5.64. The van der Waals surface area contributed by atoms with E-state index in [4.69, 9.17) is 14.2 Å². The molecule has 8 nitrogen and oxygen atoms in total. The number of nitrogens with zero attached hydrogens (tertiary/aromatic N) is 1. The summed E-state index contributed by atoms with van der Waals surface area (Å²) in [6, 6.07) is 8.42. The lowest BCUT2D eigenvalue weighted by atomic mass is 9.94. The number of hydrogen-bond donors (Lipinski definition) is 1. The molecule has 0 saturated carbocycles. The van der Waals surface area contributed by atoms with Crippen LogP contribution in [0, 0.1) is 0 Å². The molecule has 3 atom stereocenters. The molecule has 3 heterocycles. The lowest BCUT2D eigenvalue weighted by molar-refractivity contribution is -0.151. The Kier molecular flexibility index (Phi) is 6.24. The van der Waals surface area contributed by atoms with Gasteiger partial charge >= 0.3 is 5.97 Å². The zero-order valence-electron chi connectivity index (χ0n) is 17.3. The number of amides is 2. The van der Waals surface area contributed by atoms with E-state index in [9.17, 15) is 14.4 Å². The van der Waals surface area contributed by atoms with Crippen molar-refractivity contribution in [1.82, 2.24) is 4.90 Å². The number of nitrogens with one attached hydrogen (secondary N) is 1. The fourth-order valence-corrected chi connectivity index (χ4v) is 4.59. The Morgan fingerprint density at radius 1 is 1.29 bits per heavy atom. The number of ether oxygens (including phenoxy) is 3. The minimum Gasteiger partial charge on any atom is -0.490 e. The van der Waals surface area contributed by atoms with E-state index in [-0.39, 0.29) is 49.1 Å². The Morgan fingerprint density at radius 2 is 2.13 bits per heavy atom. The van der Waals surface area contributed by atoms with Crippen molar-refractivity contribution in [2.75, 3.05) is 26.1 Å². The van der Waals surface area contributed by atoms with E-state index >= 15 is 0 Å². The molecule has 1 saturated heterocycles. The monoisotopic (exact) mass is 444 g/mol. The van der Waals surface area contributed by atoms with E-state index in [0.717, 1.165) is 0 Å². The molecule has 0 unspecified atom stereocenters. The second-order valence-electron chi connectivity index (χ2n) is 7.59. The zero-order valence-corrected chi connectivity index (χ0v) is 18.1. The van der Waals surface area contributed by atoms with Crippen LogP contribution in [-0.4, -0.2) is 61.7 Å². The summed E-state index contributed by atoms with van der Waals surface area (Å²) >= 11 is 1.35. The first kappa shape index (κ1) is 21.3. The van der Waals surface area contributed by atoms with Gasteiger partial charge in [-0.25, -0.2) is 0 Å². The van der Waals surface area contributed by atoms with Crippen LogP contribution in [0.1, 0.15) is 39.3 Å². The molecule has 1 aromatic heterocycles. The van der Waals surface area contributed by atoms with Crippen LogP contribution in [0.5, 0.6) is 5.75 Å². The van der Waals surface area contributed by atoms with Gasteiger partial charge < -0.3 is 24.4 Å². The van der Waals surface area contributed by atoms with Gasteiger partial charge in [0, 0.05) is 12.7 Å². The molecule has 31 heavy (non-hydrogen) atoms. The van der Waals surface area contributed by atoms with Gasteiger partial charge in [-0.1, -0.05) is 6.07 Å². The van der Waals surface area contributed by atoms with Gasteiger partial charge in [0.05, 0.1) is 36.1 Å². The van der Waals surface area contributed by atoms with E-state index in [0.29, 0.717) is 34.7 Å². The molecule has 2 aliphatic heterocycles. The van der Waals surface area contributed by atoms with E-state index < -0.39 is 0 Å². The van der Waals surface area contributed by atoms with Crippen molar-refractivity contribution in [3.63, 3.8) is 0 Å². The standard InChI is InChI=1S/C22H24N2O6S/c1-24-16-7-6-14(11-20(25)28-2)30-18(16)12-29-17-8-5-13(10-15(17)22(24)27)23-21(26)19-4-3-9-31-19/h3-5,8-10,14,16,18H,6-7,11-12H2,1-2H3,(H,23,26)/t14-,16+,18+/m0/s1. The Hall–Kier alpha value is -2.91. The lowest BCUT2D eigenvalue weighted by Gasteiger charge is -2.42. The maximum Gasteiger partial charge on any atom is 0.308 e. The largest absolute Gasteiger partial charge is 0.490 e. The highest BCUT2D eigenvalue weighted by Gasteiger charge is 2.39. The summed E-state index contributed by atoms with van der Waals surface area (Å²) in [5, 5.41) is 4.66. The number of rotatable bonds is 4. The molecule has 2 aliphatic rings. The maximum atomic E-state index is 13.2. The van der Waals surface area contributed by atoms with Crippen LogP contribution in [0.4, 0.5) is 5.69 Å². The number of benzene rings is 1. The van der Waals surface area contributed by atoms with E-state index in [1.807, 2.05) is 11.4 Å². The molecule has 0 aliphatic carbocycles. The summed E-state index contributed by atoms with van der Waals surface area (Å²) in [6.45, 7) is 0.258. The molecule has 2 amide bonds. The average molecular weight is 445 g/mol. The summed E-state index contributed by atoms with van der Waals surface area (Å²) in [5.74, 6) is -0.308. The molecule has 0 radical (unpaired) electrons. The summed E-state index contributed by atoms with van der Waals surface area (Å²) in [7, 11) is 3.10. The number of carbonyl (C=O) groups is 3. The van der Waals surface area contributed by atoms with Crippen molar-refractivity contribution in [2.24, 2.45) is 0 Å². The van der Waals surface area contributed by atoms with Gasteiger partial charge in [0.2, 0.25) is 0 Å². The molecular weight excluding hydrogens is 420 g/mol. The maximum absolute atomic E-state index is 13.2. The van der Waals surface area contributed by atoms with Gasteiger partial charge in [0.15, 0.2) is 0 Å². The first-order valence-electron chi connectivity index (χ1n) is 10.1. The second-order valence-corrected chi connectivity index (χ2v) is 8.54. The van der Waals surface area contributed by atoms with Crippen molar-refractivity contribution in [3.05, 3.63) is 46.2 Å². The Bertz CT molecular complexity index is 976. The number of anilines is 1. The Labute approximate surface area is 184 Å². The van der Waals surface area contributed by atoms with Gasteiger partial charge in [-0.15, -0.1) is 11.3 Å². The van der Waals surface area contributed by atoms with Gasteiger partial charge in [-0.05, 0) is 42.5 Å². The molecule has 4 rings (SSSR count). The highest BCUT2D eigenvalue weighted by Crippen LogP contribution is 2.32. The smallest absolute Gasteiger partial charge is 0.308 e. The van der Waals surface area contributed by atoms with Crippen LogP contribution in [0.3, 0.4) is 0 Å². The molecule has 9 heteroatoms. The number of hydrogen-bond acceptors (Lipinski definition) is 7. The first-order valence-corrected chi connectivity index (χ1v) is 11.0. The molecular formula is C22H24N2O6S. The number of fused-ring (bicyclic) bond motifs is 2. The van der Waals surface area contributed by atoms with Crippen molar-refractivity contribution < 1.29 is 28.6 Å². The molecule has 1 aromatic carbocycles. The van der Waals surface area contributed by atoms with Gasteiger partial charge in [0.25, 0.3) is 11.8 Å². The minimum atomic E-state index is -0.344. The quantitative estimate of drug-likeness (QED) is 0.729. The first-order chi connectivity index (χ1) is 15.0. The van der Waals surface area contributed by atoms with Crippen molar-refractivity contribution >= 4 is 34.8 Å². The fraction of sp³-hybridized carbons (Fsp3) is 0.409. The Morgan fingerprint density at radius 3 is 2.87 bits per heavy atom. The topological polar surface area (TPSA) is 94.2 Å². The number of methoxy groups -OCH3 is 1. The van der Waals surface area contributed by atoms with E-state index in [2.05, 4.69) is 5.32 Å². The van der Waals surface area contributed by atoms with Crippen molar-refractivity contribution in [3.8, 4) is 5.75 Å². The van der Waals surface area contributed by atoms with E-state index in [1.165, 1.54) is 18.4 Å². The molecule has 2 aromatic rings. The normalized spacial score (nSPS) is 23.0. The summed E-state index contributed by atoms with van der Waals surface area (Å²) in [6.07, 6.45) is 0.930. The average Bonchev–Trinajstić information content (AvgIpc) is 3.32. The van der Waals surface area contributed by atoms with Crippen LogP contribution in [0.25, 0.3) is 0 Å². The zero-order chi connectivity index (χ0) is 22.0. The number of thiophene rings is 1. The SMILES string of the molecule is COC(=O)C[C@@H]1CC[C@@H]2[C@@H](COc3ccc(NC(=O)c4cccs4)cc3C(=O)N2C)O1. The fourth-order valence-electron chi connectivity index (χ4n) is 3.97. The third kappa shape index (κ3) is 4.57. The number of carbonyl (C=O) groups excluding carboxylic acids is 3. The minimum absolute atomic E-state index is 0.168. The summed E-state index contributed by atoms with van der Waals surface area (Å²) in [4.78, 5) is 39.4. The van der Waals surface area contributed by atoms with Crippen LogP contribution < -0.4 is 10.1 Å². The van der Waals surface area contributed by atoms with Gasteiger partial charge in [-0.2, -0.15) is 0 Å².